The van der Waals surface area contributed by atoms with Gasteiger partial charge in [0.2, 0.25) is 0 Å². The number of hydrogen-bond donors (Lipinski definition) is 0. The molecule has 0 aliphatic carbocycles. The Balaban J connectivity index is 1.91. The average molecular weight is 468 g/mol. The zero-order chi connectivity index (χ0) is 18.2. The second-order valence-electron chi connectivity index (χ2n) is 7.17. The van der Waals surface area contributed by atoms with Gasteiger partial charge in [0.1, 0.15) is 12.4 Å². The van der Waals surface area contributed by atoms with E-state index in [1.807, 2.05) is 70.2 Å². The molecule has 3 nitrogen and oxygen atoms in total. The number of halogens is 2. The van der Waals surface area contributed by atoms with Crippen LogP contribution in [0, 0.1) is 0 Å². The van der Waals surface area contributed by atoms with Crippen molar-refractivity contribution in [1.82, 2.24) is 0 Å². The van der Waals surface area contributed by atoms with E-state index in [1.54, 1.807) is 0 Å². The third kappa shape index (κ3) is 3.97. The summed E-state index contributed by atoms with van der Waals surface area (Å²) in [5, 5.41) is 0. The summed E-state index contributed by atoms with van der Waals surface area (Å²) in [6.45, 7) is 8.66. The Hall–Kier alpha value is -0.815. The summed E-state index contributed by atoms with van der Waals surface area (Å²) in [6, 6.07) is 14.1. The summed E-state index contributed by atoms with van der Waals surface area (Å²) in [7, 11) is -0.482. The zero-order valence-electron chi connectivity index (χ0n) is 14.8. The van der Waals surface area contributed by atoms with Crippen molar-refractivity contribution in [2.75, 3.05) is 0 Å². The van der Waals surface area contributed by atoms with E-state index in [1.165, 1.54) is 0 Å². The molecule has 1 aliphatic rings. The first kappa shape index (κ1) is 19.0. The molecule has 0 N–H and O–H groups in total. The highest BCUT2D eigenvalue weighted by Gasteiger charge is 2.52. The van der Waals surface area contributed by atoms with Crippen molar-refractivity contribution in [2.24, 2.45) is 0 Å². The largest absolute Gasteiger partial charge is 0.498 e. The molecule has 0 unspecified atom stereocenters. The SMILES string of the molecule is CC1(C)OB(c2cc(Br)cc(Br)c2OCc2ccccc2)OC1(C)C. The van der Waals surface area contributed by atoms with Crippen LogP contribution in [0.5, 0.6) is 5.75 Å². The first-order valence-electron chi connectivity index (χ1n) is 8.21. The van der Waals surface area contributed by atoms with Gasteiger partial charge in [-0.15, -0.1) is 0 Å². The van der Waals surface area contributed by atoms with E-state index in [9.17, 15) is 0 Å². The third-order valence-corrected chi connectivity index (χ3v) is 5.82. The Morgan fingerprint density at radius 1 is 0.960 bits per heavy atom. The summed E-state index contributed by atoms with van der Waals surface area (Å²) >= 11 is 7.16. The summed E-state index contributed by atoms with van der Waals surface area (Å²) < 4.78 is 20.4. The fourth-order valence-electron chi connectivity index (χ4n) is 2.61. The van der Waals surface area contributed by atoms with Crippen molar-refractivity contribution in [3.63, 3.8) is 0 Å². The van der Waals surface area contributed by atoms with Gasteiger partial charge in [-0.25, -0.2) is 0 Å². The van der Waals surface area contributed by atoms with Gasteiger partial charge in [0.05, 0.1) is 15.7 Å². The van der Waals surface area contributed by atoms with E-state index in [0.717, 1.165) is 25.7 Å². The second kappa shape index (κ2) is 7.07. The van der Waals surface area contributed by atoms with Gasteiger partial charge >= 0.3 is 7.12 Å². The van der Waals surface area contributed by atoms with Crippen LogP contribution in [0.1, 0.15) is 33.3 Å². The maximum absolute atomic E-state index is 6.21. The van der Waals surface area contributed by atoms with Crippen LogP contribution in [0.25, 0.3) is 0 Å². The maximum Gasteiger partial charge on any atom is 0.498 e. The van der Waals surface area contributed by atoms with Crippen LogP contribution in [-0.4, -0.2) is 18.3 Å². The molecule has 1 fully saturated rings. The van der Waals surface area contributed by atoms with E-state index in [4.69, 9.17) is 14.0 Å². The topological polar surface area (TPSA) is 27.7 Å². The van der Waals surface area contributed by atoms with E-state index in [-0.39, 0.29) is 0 Å². The van der Waals surface area contributed by atoms with E-state index in [0.29, 0.717) is 6.61 Å². The Morgan fingerprint density at radius 3 is 2.16 bits per heavy atom. The highest BCUT2D eigenvalue weighted by atomic mass is 79.9. The molecular formula is C19H21BBr2O3. The van der Waals surface area contributed by atoms with Crippen LogP contribution < -0.4 is 10.2 Å². The molecule has 0 radical (unpaired) electrons. The second-order valence-corrected chi connectivity index (χ2v) is 8.94. The highest BCUT2D eigenvalue weighted by molar-refractivity contribution is 9.11. The minimum absolute atomic E-state index is 0.400. The van der Waals surface area contributed by atoms with Gasteiger partial charge in [-0.2, -0.15) is 0 Å². The van der Waals surface area contributed by atoms with Crippen molar-refractivity contribution < 1.29 is 14.0 Å². The fourth-order valence-corrected chi connectivity index (χ4v) is 3.98. The molecule has 2 aromatic rings. The molecule has 2 aromatic carbocycles. The maximum atomic E-state index is 6.21. The van der Waals surface area contributed by atoms with Gasteiger partial charge < -0.3 is 14.0 Å². The molecule has 1 aliphatic heterocycles. The van der Waals surface area contributed by atoms with Gasteiger partial charge in [0.25, 0.3) is 0 Å². The molecule has 0 atom stereocenters. The minimum Gasteiger partial charge on any atom is -0.488 e. The molecule has 0 amide bonds. The first-order chi connectivity index (χ1) is 11.7. The molecule has 1 heterocycles. The lowest BCUT2D eigenvalue weighted by atomic mass is 9.78. The lowest BCUT2D eigenvalue weighted by Crippen LogP contribution is -2.41. The lowest BCUT2D eigenvalue weighted by Gasteiger charge is -2.32. The normalized spacial score (nSPS) is 18.4. The highest BCUT2D eigenvalue weighted by Crippen LogP contribution is 2.38. The van der Waals surface area contributed by atoms with Crippen LogP contribution in [0.4, 0.5) is 0 Å². The van der Waals surface area contributed by atoms with E-state index >= 15 is 0 Å². The summed E-state index contributed by atoms with van der Waals surface area (Å²) in [5.41, 5.74) is 1.18. The van der Waals surface area contributed by atoms with Crippen molar-refractivity contribution in [2.45, 2.75) is 45.5 Å². The zero-order valence-corrected chi connectivity index (χ0v) is 18.0. The standard InChI is InChI=1S/C19H21BBr2O3/c1-18(2)19(3,4)25-20(24-18)15-10-14(21)11-16(22)17(15)23-12-13-8-6-5-7-9-13/h5-11H,12H2,1-4H3. The Bertz CT molecular complexity index is 747. The number of rotatable bonds is 4. The monoisotopic (exact) mass is 466 g/mol. The predicted octanol–water partition coefficient (Wildman–Crippen LogP) is 5.09. The average Bonchev–Trinajstić information content (AvgIpc) is 2.75. The number of benzene rings is 2. The van der Waals surface area contributed by atoms with Crippen molar-refractivity contribution >= 4 is 44.4 Å². The quantitative estimate of drug-likeness (QED) is 0.586. The summed E-state index contributed by atoms with van der Waals surface area (Å²) in [4.78, 5) is 0. The van der Waals surface area contributed by atoms with Crippen molar-refractivity contribution in [1.29, 1.82) is 0 Å². The molecule has 3 rings (SSSR count). The van der Waals surface area contributed by atoms with Gasteiger partial charge in [-0.3, -0.25) is 0 Å². The molecule has 0 aromatic heterocycles. The smallest absolute Gasteiger partial charge is 0.488 e. The number of ether oxygens (including phenoxy) is 1. The van der Waals surface area contributed by atoms with E-state index in [2.05, 4.69) is 31.9 Å². The molecule has 0 spiro atoms. The third-order valence-electron chi connectivity index (χ3n) is 4.77. The van der Waals surface area contributed by atoms with Gasteiger partial charge in [-0.1, -0.05) is 46.3 Å². The van der Waals surface area contributed by atoms with Crippen molar-refractivity contribution in [3.05, 3.63) is 57.0 Å². The van der Waals surface area contributed by atoms with Crippen LogP contribution in [-0.2, 0) is 15.9 Å². The van der Waals surface area contributed by atoms with Gasteiger partial charge in [-0.05, 0) is 61.3 Å². The molecule has 0 saturated carbocycles. The summed E-state index contributed by atoms with van der Waals surface area (Å²) in [6.07, 6.45) is 0. The van der Waals surface area contributed by atoms with E-state index < -0.39 is 18.3 Å². The van der Waals surface area contributed by atoms with Gasteiger partial charge in [0.15, 0.2) is 0 Å². The Labute approximate surface area is 166 Å². The summed E-state index contributed by atoms with van der Waals surface area (Å²) in [5.74, 6) is 0.741. The molecule has 132 valence electrons. The molecular weight excluding hydrogens is 447 g/mol. The fraction of sp³-hybridized carbons (Fsp3) is 0.368. The Kier molecular flexibility index (Phi) is 5.36. The van der Waals surface area contributed by atoms with Crippen LogP contribution in [0.3, 0.4) is 0 Å². The molecule has 1 saturated heterocycles. The Morgan fingerprint density at radius 2 is 1.56 bits per heavy atom. The lowest BCUT2D eigenvalue weighted by molar-refractivity contribution is 0.00578. The van der Waals surface area contributed by atoms with Crippen LogP contribution in [0.15, 0.2) is 51.4 Å². The molecule has 25 heavy (non-hydrogen) atoms. The van der Waals surface area contributed by atoms with Gasteiger partial charge in [0, 0.05) is 9.94 Å². The number of hydrogen-bond acceptors (Lipinski definition) is 3. The molecule has 0 bridgehead atoms. The minimum atomic E-state index is -0.482. The molecule has 6 heteroatoms. The van der Waals surface area contributed by atoms with Crippen LogP contribution in [0.2, 0.25) is 0 Å². The van der Waals surface area contributed by atoms with Crippen LogP contribution >= 0.6 is 31.9 Å². The predicted molar refractivity (Wildman–Crippen MR) is 108 cm³/mol. The first-order valence-corrected chi connectivity index (χ1v) is 9.79. The van der Waals surface area contributed by atoms with Crippen molar-refractivity contribution in [3.8, 4) is 5.75 Å².